The molecular formula is C9H15F2N3O5. The summed E-state index contributed by atoms with van der Waals surface area (Å²) in [5.41, 5.74) is -1.93. The smallest absolute Gasteiger partial charge is 0.330 e. The van der Waals surface area contributed by atoms with Crippen molar-refractivity contribution < 1.29 is 24.0 Å². The van der Waals surface area contributed by atoms with Crippen LogP contribution >= 0.6 is 0 Å². The van der Waals surface area contributed by atoms with Crippen LogP contribution in [0.25, 0.3) is 0 Å². The Morgan fingerprint density at radius 3 is 2.68 bits per heavy atom. The van der Waals surface area contributed by atoms with E-state index >= 15 is 0 Å². The van der Waals surface area contributed by atoms with Crippen LogP contribution in [0.2, 0.25) is 0 Å². The number of ether oxygens (including phenoxy) is 1. The molecule has 1 fully saturated rings. The van der Waals surface area contributed by atoms with Crippen LogP contribution in [-0.4, -0.2) is 38.6 Å². The Kier molecular flexibility index (Phi) is 5.96. The van der Waals surface area contributed by atoms with Crippen molar-refractivity contribution in [1.82, 2.24) is 15.7 Å². The number of hydrogen-bond acceptors (Lipinski definition) is 6. The summed E-state index contributed by atoms with van der Waals surface area (Å²) < 4.78 is 19.0. The minimum absolute atomic E-state index is 0. The molecule has 0 aliphatic carbocycles. The summed E-state index contributed by atoms with van der Waals surface area (Å²) in [4.78, 5) is 24.0. The van der Waals surface area contributed by atoms with Gasteiger partial charge in [0, 0.05) is 6.42 Å². The lowest BCUT2D eigenvalue weighted by Crippen LogP contribution is -2.34. The first-order chi connectivity index (χ1) is 8.02. The molecule has 110 valence electrons. The number of H-pyrrole nitrogens is 1. The van der Waals surface area contributed by atoms with Crippen molar-refractivity contribution in [3.05, 3.63) is 32.9 Å². The molecule has 1 aliphatic rings. The minimum Gasteiger partial charge on any atom is -0.394 e. The van der Waals surface area contributed by atoms with Crippen LogP contribution in [0.1, 0.15) is 12.6 Å². The van der Waals surface area contributed by atoms with E-state index in [1.54, 1.807) is 4.98 Å². The number of hydrogen-bond donors (Lipinski definition) is 4. The van der Waals surface area contributed by atoms with E-state index in [-0.39, 0.29) is 17.3 Å². The van der Waals surface area contributed by atoms with Gasteiger partial charge < -0.3 is 21.1 Å². The predicted octanol–water partition coefficient (Wildman–Crippen LogP) is -1.37. The number of aromatic amines is 1. The number of nitrogens with zero attached hydrogens (tertiary/aromatic N) is 1. The maximum atomic E-state index is 13.0. The Bertz CT molecular complexity index is 531. The van der Waals surface area contributed by atoms with Crippen LogP contribution in [0.4, 0.5) is 9.09 Å². The number of rotatable bonds is 2. The molecule has 19 heavy (non-hydrogen) atoms. The molecule has 3 atom stereocenters. The molecule has 2 heterocycles. The lowest BCUT2D eigenvalue weighted by molar-refractivity contribution is -0.0462. The van der Waals surface area contributed by atoms with E-state index in [0.717, 1.165) is 10.8 Å². The summed E-state index contributed by atoms with van der Waals surface area (Å²) in [6.45, 7) is -0.405. The van der Waals surface area contributed by atoms with Gasteiger partial charge in [-0.1, -0.05) is 0 Å². The van der Waals surface area contributed by atoms with E-state index < -0.39 is 42.1 Å². The van der Waals surface area contributed by atoms with E-state index in [0.29, 0.717) is 0 Å². The normalized spacial score (nSPS) is 25.5. The third-order valence-electron chi connectivity index (χ3n) is 2.62. The number of aliphatic hydroxyl groups is 2. The van der Waals surface area contributed by atoms with Crippen LogP contribution in [0.3, 0.4) is 0 Å². The summed E-state index contributed by atoms with van der Waals surface area (Å²) in [7, 11) is 0. The van der Waals surface area contributed by atoms with Crippen molar-refractivity contribution >= 4 is 0 Å². The van der Waals surface area contributed by atoms with Gasteiger partial charge in [0.1, 0.15) is 12.3 Å². The lowest BCUT2D eigenvalue weighted by atomic mass is 10.2. The fourth-order valence-corrected chi connectivity index (χ4v) is 1.72. The Labute approximate surface area is 105 Å². The van der Waals surface area contributed by atoms with E-state index in [2.05, 4.69) is 0 Å². The molecule has 0 aromatic carbocycles. The second-order valence-electron chi connectivity index (χ2n) is 3.76. The van der Waals surface area contributed by atoms with E-state index in [4.69, 9.17) is 9.84 Å². The highest BCUT2D eigenvalue weighted by Crippen LogP contribution is 2.26. The average Bonchev–Trinajstić information content (AvgIpc) is 2.65. The second-order valence-corrected chi connectivity index (χ2v) is 3.76. The first-order valence-electron chi connectivity index (χ1n) is 4.98. The topological polar surface area (TPSA) is 140 Å². The van der Waals surface area contributed by atoms with Gasteiger partial charge >= 0.3 is 5.69 Å². The predicted molar refractivity (Wildman–Crippen MR) is 60.4 cm³/mol. The Morgan fingerprint density at radius 1 is 1.53 bits per heavy atom. The molecule has 0 bridgehead atoms. The van der Waals surface area contributed by atoms with Gasteiger partial charge in [-0.25, -0.2) is 4.79 Å². The molecule has 1 saturated heterocycles. The third kappa shape index (κ3) is 3.23. The molecular weight excluding hydrogens is 268 g/mol. The molecule has 1 aromatic rings. The minimum atomic E-state index is -1.12. The highest BCUT2D eigenvalue weighted by molar-refractivity contribution is 4.90. The van der Waals surface area contributed by atoms with E-state index in [1.165, 1.54) is 0 Å². The van der Waals surface area contributed by atoms with Gasteiger partial charge in [0.15, 0.2) is 0 Å². The third-order valence-corrected chi connectivity index (χ3v) is 2.62. The maximum absolute atomic E-state index is 13.0. The Balaban J connectivity index is 0.00000162. The van der Waals surface area contributed by atoms with Crippen molar-refractivity contribution in [3.8, 4) is 0 Å². The van der Waals surface area contributed by atoms with Gasteiger partial charge in [0.05, 0.1) is 18.9 Å². The Hall–Kier alpha value is -1.62. The number of aliphatic hydroxyl groups excluding tert-OH is 2. The van der Waals surface area contributed by atoms with E-state index in [9.17, 15) is 19.1 Å². The second kappa shape index (κ2) is 6.52. The average molecular weight is 283 g/mol. The summed E-state index contributed by atoms with van der Waals surface area (Å²) in [6, 6.07) is 0. The molecule has 10 heteroatoms. The summed E-state index contributed by atoms with van der Waals surface area (Å²) in [5, 5.41) is 18.3. The summed E-state index contributed by atoms with van der Waals surface area (Å²) in [6.07, 6.45) is -1.90. The zero-order valence-electron chi connectivity index (χ0n) is 9.78. The molecule has 1 aliphatic heterocycles. The number of halogens is 2. The summed E-state index contributed by atoms with van der Waals surface area (Å²) in [5.74, 6) is -1.12. The zero-order chi connectivity index (χ0) is 12.6. The van der Waals surface area contributed by atoms with Crippen molar-refractivity contribution in [2.75, 3.05) is 6.61 Å². The van der Waals surface area contributed by atoms with Gasteiger partial charge in [0.25, 0.3) is 5.56 Å². The van der Waals surface area contributed by atoms with Gasteiger partial charge in [-0.3, -0.25) is 19.1 Å². The highest BCUT2D eigenvalue weighted by atomic mass is 19.1. The summed E-state index contributed by atoms with van der Waals surface area (Å²) >= 11 is 0. The van der Waals surface area contributed by atoms with Gasteiger partial charge in [-0.2, -0.15) is 4.39 Å². The quantitative estimate of drug-likeness (QED) is 0.528. The lowest BCUT2D eigenvalue weighted by Gasteiger charge is -2.13. The molecule has 8 nitrogen and oxygen atoms in total. The van der Waals surface area contributed by atoms with E-state index in [1.807, 2.05) is 0 Å². The number of nitrogens with one attached hydrogen (secondary N) is 1. The van der Waals surface area contributed by atoms with Gasteiger partial charge in [0.2, 0.25) is 5.82 Å². The molecule has 0 unspecified atom stereocenters. The van der Waals surface area contributed by atoms with Crippen LogP contribution in [0.5, 0.6) is 0 Å². The SMILES string of the molecule is F.N.O=c1[nH]c(=O)n([C@H]2C[C@H](O)[C@@H](CO)O2)cc1F. The van der Waals surface area contributed by atoms with Crippen molar-refractivity contribution in [2.45, 2.75) is 24.9 Å². The molecule has 2 rings (SSSR count). The first-order valence-corrected chi connectivity index (χ1v) is 4.98. The van der Waals surface area contributed by atoms with Crippen molar-refractivity contribution in [1.29, 1.82) is 0 Å². The van der Waals surface area contributed by atoms with Crippen LogP contribution in [0.15, 0.2) is 15.8 Å². The van der Waals surface area contributed by atoms with Crippen molar-refractivity contribution in [3.63, 3.8) is 0 Å². The van der Waals surface area contributed by atoms with Crippen LogP contribution < -0.4 is 17.4 Å². The van der Waals surface area contributed by atoms with Gasteiger partial charge in [-0.15, -0.1) is 0 Å². The maximum Gasteiger partial charge on any atom is 0.330 e. The zero-order valence-corrected chi connectivity index (χ0v) is 9.78. The Morgan fingerprint density at radius 2 is 2.16 bits per heavy atom. The van der Waals surface area contributed by atoms with Crippen LogP contribution in [0, 0.1) is 5.82 Å². The largest absolute Gasteiger partial charge is 0.394 e. The molecule has 0 amide bonds. The highest BCUT2D eigenvalue weighted by Gasteiger charge is 2.35. The van der Waals surface area contributed by atoms with Gasteiger partial charge in [-0.05, 0) is 0 Å². The first kappa shape index (κ1) is 17.4. The fraction of sp³-hybridized carbons (Fsp3) is 0.556. The van der Waals surface area contributed by atoms with Crippen molar-refractivity contribution in [2.24, 2.45) is 0 Å². The molecule has 0 radical (unpaired) electrons. The molecule has 6 N–H and O–H groups in total. The monoisotopic (exact) mass is 283 g/mol. The molecule has 1 aromatic heterocycles. The van der Waals surface area contributed by atoms with Crippen LogP contribution in [-0.2, 0) is 4.74 Å². The molecule has 0 saturated carbocycles. The number of aromatic nitrogens is 2. The fourth-order valence-electron chi connectivity index (χ4n) is 1.72. The molecule has 0 spiro atoms. The standard InChI is InChI=1S/C9H11FN2O5.FH.H3N/c10-4-2-12(9(16)11-8(4)15)7-1-5(14)6(3-13)17-7;;/h2,5-7,13-14H,1,3H2,(H,11,15,16);1H;1H3/t5-,6+,7+;;/m0../s1.